The van der Waals surface area contributed by atoms with E-state index in [2.05, 4.69) is 21.3 Å². The first-order valence-corrected chi connectivity index (χ1v) is 9.79. The summed E-state index contributed by atoms with van der Waals surface area (Å²) >= 11 is 5.98. The van der Waals surface area contributed by atoms with Crippen molar-refractivity contribution in [3.8, 4) is 0 Å². The molecule has 0 saturated carbocycles. The number of anilines is 1. The number of pyridine rings is 1. The molecular formula is C21H26ClN3O. The Morgan fingerprint density at radius 2 is 1.88 bits per heavy atom. The zero-order valence-electron chi connectivity index (χ0n) is 15.1. The predicted molar refractivity (Wildman–Crippen MR) is 107 cm³/mol. The number of nitrogens with one attached hydrogen (secondary N) is 1. The number of carbonyl (C=O) groups is 1. The van der Waals surface area contributed by atoms with Gasteiger partial charge in [0, 0.05) is 37.3 Å². The van der Waals surface area contributed by atoms with Crippen molar-refractivity contribution in [2.45, 2.75) is 45.1 Å². The van der Waals surface area contributed by atoms with Crippen LogP contribution in [0.4, 0.5) is 5.82 Å². The summed E-state index contributed by atoms with van der Waals surface area (Å²) in [5.41, 5.74) is 2.18. The maximum atomic E-state index is 12.1. The highest BCUT2D eigenvalue weighted by molar-refractivity contribution is 6.30. The molecule has 5 heteroatoms. The summed E-state index contributed by atoms with van der Waals surface area (Å²) in [6, 6.07) is 11.7. The summed E-state index contributed by atoms with van der Waals surface area (Å²) in [5, 5.41) is 3.72. The molecule has 0 atom stereocenters. The summed E-state index contributed by atoms with van der Waals surface area (Å²) in [5.74, 6) is 1.08. The van der Waals surface area contributed by atoms with Gasteiger partial charge in [0.1, 0.15) is 5.82 Å². The van der Waals surface area contributed by atoms with Crippen LogP contribution in [0.3, 0.4) is 0 Å². The Labute approximate surface area is 160 Å². The number of halogens is 1. The van der Waals surface area contributed by atoms with Crippen molar-refractivity contribution in [3.05, 3.63) is 58.7 Å². The van der Waals surface area contributed by atoms with Gasteiger partial charge >= 0.3 is 0 Å². The van der Waals surface area contributed by atoms with Gasteiger partial charge in [-0.1, -0.05) is 36.6 Å². The highest BCUT2D eigenvalue weighted by atomic mass is 35.5. The summed E-state index contributed by atoms with van der Waals surface area (Å²) in [6.07, 6.45) is 8.07. The van der Waals surface area contributed by atoms with E-state index in [1.807, 2.05) is 36.5 Å². The maximum Gasteiger partial charge on any atom is 0.220 e. The van der Waals surface area contributed by atoms with E-state index < -0.39 is 0 Å². The molecule has 26 heavy (non-hydrogen) atoms. The number of rotatable bonds is 6. The topological polar surface area (TPSA) is 45.2 Å². The van der Waals surface area contributed by atoms with Crippen molar-refractivity contribution in [1.82, 2.24) is 10.3 Å². The maximum absolute atomic E-state index is 12.1. The van der Waals surface area contributed by atoms with Gasteiger partial charge in [0.05, 0.1) is 0 Å². The third-order valence-electron chi connectivity index (χ3n) is 4.76. The highest BCUT2D eigenvalue weighted by Gasteiger charge is 2.11. The van der Waals surface area contributed by atoms with Gasteiger partial charge in [-0.3, -0.25) is 4.79 Å². The normalized spacial score (nSPS) is 14.7. The van der Waals surface area contributed by atoms with Crippen LogP contribution in [0.5, 0.6) is 0 Å². The van der Waals surface area contributed by atoms with Gasteiger partial charge in [-0.05, 0) is 54.7 Å². The Morgan fingerprint density at radius 1 is 1.08 bits per heavy atom. The Morgan fingerprint density at radius 3 is 2.65 bits per heavy atom. The zero-order chi connectivity index (χ0) is 18.2. The van der Waals surface area contributed by atoms with Crippen LogP contribution >= 0.6 is 11.6 Å². The minimum atomic E-state index is 0.0538. The first kappa shape index (κ1) is 18.7. The quantitative estimate of drug-likeness (QED) is 0.820. The molecule has 1 fully saturated rings. The lowest BCUT2D eigenvalue weighted by Crippen LogP contribution is -2.26. The predicted octanol–water partition coefficient (Wildman–Crippen LogP) is 4.36. The fourth-order valence-corrected chi connectivity index (χ4v) is 3.50. The van der Waals surface area contributed by atoms with Crippen LogP contribution in [0.25, 0.3) is 0 Å². The number of hydrogen-bond acceptors (Lipinski definition) is 3. The van der Waals surface area contributed by atoms with E-state index in [-0.39, 0.29) is 5.91 Å². The van der Waals surface area contributed by atoms with Gasteiger partial charge in [0.25, 0.3) is 0 Å². The molecule has 3 rings (SSSR count). The molecule has 1 aromatic carbocycles. The molecule has 1 saturated heterocycles. The highest BCUT2D eigenvalue weighted by Crippen LogP contribution is 2.18. The summed E-state index contributed by atoms with van der Waals surface area (Å²) < 4.78 is 0. The number of nitrogens with zero attached hydrogens (tertiary/aromatic N) is 2. The Bertz CT molecular complexity index is 727. The number of aryl methyl sites for hydroxylation is 1. The van der Waals surface area contributed by atoms with Crippen molar-refractivity contribution >= 4 is 23.3 Å². The summed E-state index contributed by atoms with van der Waals surface area (Å²) in [6.45, 7) is 2.68. The summed E-state index contributed by atoms with van der Waals surface area (Å²) in [4.78, 5) is 19.0. The van der Waals surface area contributed by atoms with Gasteiger partial charge in [-0.25, -0.2) is 4.98 Å². The second-order valence-electron chi connectivity index (χ2n) is 6.83. The molecule has 0 unspecified atom stereocenters. The van der Waals surface area contributed by atoms with E-state index in [9.17, 15) is 4.79 Å². The minimum Gasteiger partial charge on any atom is -0.357 e. The number of benzene rings is 1. The average Bonchev–Trinajstić information content (AvgIpc) is 2.94. The fourth-order valence-electron chi connectivity index (χ4n) is 3.28. The Hall–Kier alpha value is -2.07. The largest absolute Gasteiger partial charge is 0.357 e. The van der Waals surface area contributed by atoms with E-state index in [0.29, 0.717) is 24.4 Å². The van der Waals surface area contributed by atoms with E-state index in [1.54, 1.807) is 0 Å². The standard InChI is InChI=1S/C21H26ClN3O/c22-19-7-5-6-17(14-19)8-9-21(26)24-16-18-10-11-23-20(15-18)25-12-3-1-2-4-13-25/h5-7,10-11,14-15H,1-4,8-9,12-13,16H2,(H,24,26). The molecule has 1 amide bonds. The van der Waals surface area contributed by atoms with Crippen LogP contribution in [0.2, 0.25) is 5.02 Å². The third kappa shape index (κ3) is 5.73. The van der Waals surface area contributed by atoms with E-state index >= 15 is 0 Å². The Kier molecular flexibility index (Phi) is 6.89. The molecule has 2 heterocycles. The summed E-state index contributed by atoms with van der Waals surface area (Å²) in [7, 11) is 0. The van der Waals surface area contributed by atoms with Crippen molar-refractivity contribution in [3.63, 3.8) is 0 Å². The molecule has 1 aromatic heterocycles. The second-order valence-corrected chi connectivity index (χ2v) is 7.27. The molecule has 0 bridgehead atoms. The molecule has 2 aromatic rings. The van der Waals surface area contributed by atoms with E-state index in [0.717, 1.165) is 30.0 Å². The lowest BCUT2D eigenvalue weighted by molar-refractivity contribution is -0.121. The molecule has 1 aliphatic heterocycles. The van der Waals surface area contributed by atoms with Crippen LogP contribution < -0.4 is 10.2 Å². The van der Waals surface area contributed by atoms with Gasteiger partial charge in [0.2, 0.25) is 5.91 Å². The molecule has 4 nitrogen and oxygen atoms in total. The SMILES string of the molecule is O=C(CCc1cccc(Cl)c1)NCc1ccnc(N2CCCCCC2)c1. The number of carbonyl (C=O) groups excluding carboxylic acids is 1. The van der Waals surface area contributed by atoms with Crippen LogP contribution in [0.15, 0.2) is 42.6 Å². The number of hydrogen-bond donors (Lipinski definition) is 1. The van der Waals surface area contributed by atoms with Crippen molar-refractivity contribution in [1.29, 1.82) is 0 Å². The molecular weight excluding hydrogens is 346 g/mol. The zero-order valence-corrected chi connectivity index (χ0v) is 15.8. The van der Waals surface area contributed by atoms with Crippen LogP contribution in [0, 0.1) is 0 Å². The van der Waals surface area contributed by atoms with E-state index in [1.165, 1.54) is 25.7 Å². The number of aromatic nitrogens is 1. The first-order valence-electron chi connectivity index (χ1n) is 9.42. The van der Waals surface area contributed by atoms with Crippen LogP contribution in [-0.4, -0.2) is 24.0 Å². The van der Waals surface area contributed by atoms with Gasteiger partial charge in [-0.15, -0.1) is 0 Å². The van der Waals surface area contributed by atoms with Gasteiger partial charge in [-0.2, -0.15) is 0 Å². The first-order chi connectivity index (χ1) is 12.7. The second kappa shape index (κ2) is 9.58. The Balaban J connectivity index is 1.49. The molecule has 1 aliphatic rings. The van der Waals surface area contributed by atoms with Crippen molar-refractivity contribution in [2.75, 3.05) is 18.0 Å². The molecule has 1 N–H and O–H groups in total. The monoisotopic (exact) mass is 371 g/mol. The van der Waals surface area contributed by atoms with Crippen LogP contribution in [0.1, 0.15) is 43.2 Å². The van der Waals surface area contributed by atoms with E-state index in [4.69, 9.17) is 11.6 Å². The van der Waals surface area contributed by atoms with Gasteiger partial charge < -0.3 is 10.2 Å². The molecule has 138 valence electrons. The fraction of sp³-hybridized carbons (Fsp3) is 0.429. The van der Waals surface area contributed by atoms with Crippen molar-refractivity contribution in [2.24, 2.45) is 0 Å². The van der Waals surface area contributed by atoms with Crippen LogP contribution in [-0.2, 0) is 17.8 Å². The minimum absolute atomic E-state index is 0.0538. The lowest BCUT2D eigenvalue weighted by atomic mass is 10.1. The molecule has 0 spiro atoms. The van der Waals surface area contributed by atoms with Gasteiger partial charge in [0.15, 0.2) is 0 Å². The smallest absolute Gasteiger partial charge is 0.220 e. The third-order valence-corrected chi connectivity index (χ3v) is 4.99. The molecule has 0 radical (unpaired) electrons. The lowest BCUT2D eigenvalue weighted by Gasteiger charge is -2.21. The van der Waals surface area contributed by atoms with Crippen molar-refractivity contribution < 1.29 is 4.79 Å². The number of amides is 1. The average molecular weight is 372 g/mol. The molecule has 0 aliphatic carbocycles.